The van der Waals surface area contributed by atoms with Gasteiger partial charge in [0.15, 0.2) is 11.6 Å². The van der Waals surface area contributed by atoms with Crippen LogP contribution in [0, 0.1) is 10.8 Å². The standard InChI is InChI=1S/C18H22O2/c1-17(2,3)13-14(18(4,5)6)16(20)12-10-8-7-9-11(12)15(13)19/h7-10H,1-6H3. The van der Waals surface area contributed by atoms with E-state index in [0.29, 0.717) is 22.3 Å². The molecule has 0 bridgehead atoms. The first kappa shape index (κ1) is 14.7. The van der Waals surface area contributed by atoms with Crippen molar-refractivity contribution in [1.29, 1.82) is 0 Å². The van der Waals surface area contributed by atoms with Crippen LogP contribution in [0.4, 0.5) is 0 Å². The molecule has 0 amide bonds. The van der Waals surface area contributed by atoms with Crippen molar-refractivity contribution in [2.75, 3.05) is 0 Å². The van der Waals surface area contributed by atoms with E-state index in [0.717, 1.165) is 0 Å². The van der Waals surface area contributed by atoms with E-state index >= 15 is 0 Å². The number of carbonyl (C=O) groups excluding carboxylic acids is 2. The average Bonchev–Trinajstić information content (AvgIpc) is 2.30. The van der Waals surface area contributed by atoms with E-state index in [4.69, 9.17) is 0 Å². The van der Waals surface area contributed by atoms with E-state index in [1.54, 1.807) is 12.1 Å². The molecule has 106 valence electrons. The summed E-state index contributed by atoms with van der Waals surface area (Å²) in [5, 5.41) is 0. The highest BCUT2D eigenvalue weighted by molar-refractivity contribution is 6.27. The second-order valence-electron chi connectivity index (χ2n) is 7.45. The Morgan fingerprint density at radius 1 is 0.650 bits per heavy atom. The van der Waals surface area contributed by atoms with E-state index in [2.05, 4.69) is 0 Å². The lowest BCUT2D eigenvalue weighted by Crippen LogP contribution is -2.34. The van der Waals surface area contributed by atoms with Crippen LogP contribution in [-0.2, 0) is 0 Å². The summed E-state index contributed by atoms with van der Waals surface area (Å²) in [5.41, 5.74) is 1.71. The molecule has 0 fully saturated rings. The van der Waals surface area contributed by atoms with Crippen molar-refractivity contribution in [3.05, 3.63) is 46.5 Å². The van der Waals surface area contributed by atoms with Gasteiger partial charge in [-0.15, -0.1) is 0 Å². The molecule has 0 atom stereocenters. The lowest BCUT2D eigenvalue weighted by atomic mass is 9.67. The minimum Gasteiger partial charge on any atom is -0.289 e. The molecule has 1 aromatic carbocycles. The molecule has 0 unspecified atom stereocenters. The summed E-state index contributed by atoms with van der Waals surface area (Å²) in [7, 11) is 0. The first-order chi connectivity index (χ1) is 9.05. The minimum atomic E-state index is -0.344. The lowest BCUT2D eigenvalue weighted by molar-refractivity contribution is 0.0939. The van der Waals surface area contributed by atoms with Gasteiger partial charge >= 0.3 is 0 Å². The van der Waals surface area contributed by atoms with Gasteiger partial charge in [0.1, 0.15) is 0 Å². The molecule has 1 aliphatic carbocycles. The Kier molecular flexibility index (Phi) is 3.24. The minimum absolute atomic E-state index is 0.00220. The van der Waals surface area contributed by atoms with Crippen molar-refractivity contribution in [2.24, 2.45) is 10.8 Å². The van der Waals surface area contributed by atoms with Crippen LogP contribution in [0.15, 0.2) is 35.4 Å². The number of benzene rings is 1. The van der Waals surface area contributed by atoms with Gasteiger partial charge in [-0.2, -0.15) is 0 Å². The molecule has 20 heavy (non-hydrogen) atoms. The van der Waals surface area contributed by atoms with E-state index in [9.17, 15) is 9.59 Å². The van der Waals surface area contributed by atoms with Gasteiger partial charge in [-0.05, 0) is 10.8 Å². The zero-order valence-corrected chi connectivity index (χ0v) is 13.1. The molecule has 0 aliphatic heterocycles. The number of Topliss-reactive ketones (excluding diaryl/α,β-unsaturated/α-hetero) is 2. The topological polar surface area (TPSA) is 34.1 Å². The van der Waals surface area contributed by atoms with Gasteiger partial charge in [0.2, 0.25) is 0 Å². The summed E-state index contributed by atoms with van der Waals surface area (Å²) in [6.07, 6.45) is 0. The molecule has 2 heteroatoms. The van der Waals surface area contributed by atoms with Crippen LogP contribution in [0.5, 0.6) is 0 Å². The highest BCUT2D eigenvalue weighted by Gasteiger charge is 2.41. The smallest absolute Gasteiger partial charge is 0.190 e. The molecule has 2 nitrogen and oxygen atoms in total. The summed E-state index contributed by atoms with van der Waals surface area (Å²) in [6.45, 7) is 12.0. The molecule has 0 spiro atoms. The van der Waals surface area contributed by atoms with Crippen LogP contribution in [0.2, 0.25) is 0 Å². The predicted octanol–water partition coefficient (Wildman–Crippen LogP) is 4.45. The number of fused-ring (bicyclic) bond motifs is 1. The van der Waals surface area contributed by atoms with Crippen LogP contribution >= 0.6 is 0 Å². The molecule has 0 saturated heterocycles. The molecule has 1 aliphatic rings. The number of hydrogen-bond donors (Lipinski definition) is 0. The Hall–Kier alpha value is -1.70. The summed E-state index contributed by atoms with van der Waals surface area (Å²) in [4.78, 5) is 25.7. The molecule has 0 heterocycles. The first-order valence-corrected chi connectivity index (χ1v) is 6.99. The Labute approximate surface area is 120 Å². The van der Waals surface area contributed by atoms with Crippen molar-refractivity contribution >= 4 is 11.6 Å². The first-order valence-electron chi connectivity index (χ1n) is 6.99. The van der Waals surface area contributed by atoms with Crippen LogP contribution in [0.3, 0.4) is 0 Å². The largest absolute Gasteiger partial charge is 0.289 e. The maximum absolute atomic E-state index is 12.9. The van der Waals surface area contributed by atoms with Gasteiger partial charge in [-0.25, -0.2) is 0 Å². The van der Waals surface area contributed by atoms with E-state index in [1.807, 2.05) is 53.7 Å². The van der Waals surface area contributed by atoms with E-state index in [-0.39, 0.29) is 22.4 Å². The fourth-order valence-corrected chi connectivity index (χ4v) is 2.81. The molecule has 0 radical (unpaired) electrons. The van der Waals surface area contributed by atoms with Gasteiger partial charge < -0.3 is 0 Å². The molecule has 2 rings (SSSR count). The molecule has 0 N–H and O–H groups in total. The summed E-state index contributed by atoms with van der Waals surface area (Å²) < 4.78 is 0. The molecule has 1 aromatic rings. The SMILES string of the molecule is CC(C)(C)C1=C(C(C)(C)C)C(=O)c2ccccc2C1=O. The highest BCUT2D eigenvalue weighted by atomic mass is 16.1. The Balaban J connectivity index is 2.83. The predicted molar refractivity (Wildman–Crippen MR) is 81.0 cm³/mol. The molecule has 0 saturated carbocycles. The molecular formula is C18H22O2. The number of carbonyl (C=O) groups is 2. The quantitative estimate of drug-likeness (QED) is 0.697. The van der Waals surface area contributed by atoms with Crippen molar-refractivity contribution in [2.45, 2.75) is 41.5 Å². The third kappa shape index (κ3) is 2.24. The van der Waals surface area contributed by atoms with Crippen molar-refractivity contribution in [1.82, 2.24) is 0 Å². The number of rotatable bonds is 0. The van der Waals surface area contributed by atoms with Crippen LogP contribution in [0.1, 0.15) is 62.3 Å². The monoisotopic (exact) mass is 270 g/mol. The van der Waals surface area contributed by atoms with E-state index < -0.39 is 0 Å². The fraction of sp³-hybridized carbons (Fsp3) is 0.444. The average molecular weight is 270 g/mol. The second-order valence-corrected chi connectivity index (χ2v) is 7.45. The Bertz CT molecular complexity index is 565. The van der Waals surface area contributed by atoms with Crippen molar-refractivity contribution in [3.63, 3.8) is 0 Å². The van der Waals surface area contributed by atoms with Gasteiger partial charge in [0.25, 0.3) is 0 Å². The number of ketones is 2. The molecular weight excluding hydrogens is 248 g/mol. The van der Waals surface area contributed by atoms with Crippen LogP contribution in [0.25, 0.3) is 0 Å². The zero-order valence-electron chi connectivity index (χ0n) is 13.1. The van der Waals surface area contributed by atoms with E-state index in [1.165, 1.54) is 0 Å². The fourth-order valence-electron chi connectivity index (χ4n) is 2.81. The van der Waals surface area contributed by atoms with Crippen LogP contribution in [-0.4, -0.2) is 11.6 Å². The van der Waals surface area contributed by atoms with Crippen LogP contribution < -0.4 is 0 Å². The highest BCUT2D eigenvalue weighted by Crippen LogP contribution is 2.43. The van der Waals surface area contributed by atoms with Gasteiger partial charge in [-0.1, -0.05) is 65.8 Å². The number of allylic oxidation sites excluding steroid dienone is 2. The number of hydrogen-bond acceptors (Lipinski definition) is 2. The van der Waals surface area contributed by atoms with Gasteiger partial charge in [0, 0.05) is 22.3 Å². The second kappa shape index (κ2) is 4.41. The van der Waals surface area contributed by atoms with Crippen molar-refractivity contribution in [3.8, 4) is 0 Å². The van der Waals surface area contributed by atoms with Crippen molar-refractivity contribution < 1.29 is 9.59 Å². The third-order valence-electron chi connectivity index (χ3n) is 3.62. The Morgan fingerprint density at radius 3 is 1.20 bits per heavy atom. The normalized spacial score (nSPS) is 16.5. The summed E-state index contributed by atoms with van der Waals surface area (Å²) in [5.74, 6) is -0.00440. The molecule has 0 aromatic heterocycles. The zero-order chi connectivity index (χ0) is 15.3. The third-order valence-corrected chi connectivity index (χ3v) is 3.62. The Morgan fingerprint density at radius 2 is 0.950 bits per heavy atom. The maximum Gasteiger partial charge on any atom is 0.190 e. The maximum atomic E-state index is 12.9. The lowest BCUT2D eigenvalue weighted by Gasteiger charge is -2.35. The summed E-state index contributed by atoms with van der Waals surface area (Å²) in [6, 6.07) is 7.13. The summed E-state index contributed by atoms with van der Waals surface area (Å²) >= 11 is 0. The van der Waals surface area contributed by atoms with Gasteiger partial charge in [-0.3, -0.25) is 9.59 Å². The van der Waals surface area contributed by atoms with Gasteiger partial charge in [0.05, 0.1) is 0 Å².